The number of rotatable bonds is 2. The number of aromatic nitrogens is 2. The maximum atomic E-state index is 4.07. The van der Waals surface area contributed by atoms with Gasteiger partial charge in [-0.2, -0.15) is 11.3 Å². The molecule has 0 radical (unpaired) electrons. The fraction of sp³-hybridized carbons (Fsp3) is 0. The van der Waals surface area contributed by atoms with Crippen LogP contribution in [0.4, 0.5) is 0 Å². The van der Waals surface area contributed by atoms with Crippen LogP contribution in [-0.2, 0) is 0 Å². The van der Waals surface area contributed by atoms with Crippen LogP contribution < -0.4 is 0 Å². The Morgan fingerprint density at radius 1 is 1.20 bits per heavy atom. The van der Waals surface area contributed by atoms with Gasteiger partial charge in [-0.15, -0.1) is 11.3 Å². The van der Waals surface area contributed by atoms with E-state index in [0.717, 1.165) is 0 Å². The molecule has 0 fully saturated rings. The minimum absolute atomic E-state index is 1.23. The van der Waals surface area contributed by atoms with Crippen molar-refractivity contribution >= 4 is 22.7 Å². The van der Waals surface area contributed by atoms with Gasteiger partial charge in [0, 0.05) is 18.0 Å². The van der Waals surface area contributed by atoms with Crippen LogP contribution in [0.15, 0.2) is 47.0 Å². The van der Waals surface area contributed by atoms with Crippen LogP contribution in [0.5, 0.6) is 0 Å². The Hall–Kier alpha value is -1.39. The van der Waals surface area contributed by atoms with Crippen molar-refractivity contribution in [3.63, 3.8) is 0 Å². The molecular formula is C11H8N2S2. The van der Waals surface area contributed by atoms with Crippen molar-refractivity contribution in [2.75, 3.05) is 0 Å². The number of imidazole rings is 1. The Morgan fingerprint density at radius 2 is 2.20 bits per heavy atom. The van der Waals surface area contributed by atoms with E-state index in [0.29, 0.717) is 0 Å². The van der Waals surface area contributed by atoms with Crippen LogP contribution >= 0.6 is 22.7 Å². The van der Waals surface area contributed by atoms with E-state index < -0.39 is 0 Å². The molecule has 3 rings (SSSR count). The summed E-state index contributed by atoms with van der Waals surface area (Å²) in [5.41, 5.74) is 2.56. The molecule has 74 valence electrons. The zero-order chi connectivity index (χ0) is 10.1. The summed E-state index contributed by atoms with van der Waals surface area (Å²) in [6.07, 6.45) is 5.61. The normalized spacial score (nSPS) is 10.7. The largest absolute Gasteiger partial charge is 0.297 e. The summed E-state index contributed by atoms with van der Waals surface area (Å²) in [5.74, 6) is 0. The fourth-order valence-electron chi connectivity index (χ4n) is 1.52. The van der Waals surface area contributed by atoms with Gasteiger partial charge in [-0.25, -0.2) is 4.98 Å². The maximum Gasteiger partial charge on any atom is 0.108 e. The molecular weight excluding hydrogens is 224 g/mol. The van der Waals surface area contributed by atoms with E-state index in [1.807, 2.05) is 12.5 Å². The summed E-state index contributed by atoms with van der Waals surface area (Å²) in [7, 11) is 0. The van der Waals surface area contributed by atoms with Crippen molar-refractivity contribution in [1.29, 1.82) is 0 Å². The first-order valence-corrected chi connectivity index (χ1v) is 6.36. The lowest BCUT2D eigenvalue weighted by Crippen LogP contribution is -1.87. The van der Waals surface area contributed by atoms with Crippen molar-refractivity contribution in [2.24, 2.45) is 0 Å². The third-order valence-electron chi connectivity index (χ3n) is 2.22. The van der Waals surface area contributed by atoms with E-state index >= 15 is 0 Å². The zero-order valence-corrected chi connectivity index (χ0v) is 9.46. The summed E-state index contributed by atoms with van der Waals surface area (Å²) >= 11 is 3.46. The zero-order valence-electron chi connectivity index (χ0n) is 7.83. The monoisotopic (exact) mass is 232 g/mol. The highest BCUT2D eigenvalue weighted by molar-refractivity contribution is 7.13. The van der Waals surface area contributed by atoms with Crippen LogP contribution in [-0.4, -0.2) is 9.55 Å². The molecule has 0 aliphatic heterocycles. The van der Waals surface area contributed by atoms with Gasteiger partial charge in [-0.1, -0.05) is 0 Å². The molecule has 0 aromatic carbocycles. The Balaban J connectivity index is 2.15. The lowest BCUT2D eigenvalue weighted by atomic mass is 10.2. The molecule has 0 aliphatic carbocycles. The van der Waals surface area contributed by atoms with E-state index in [1.165, 1.54) is 16.1 Å². The minimum Gasteiger partial charge on any atom is -0.297 e. The van der Waals surface area contributed by atoms with Crippen LogP contribution in [0.25, 0.3) is 16.1 Å². The molecule has 0 saturated heterocycles. The molecule has 0 saturated carbocycles. The van der Waals surface area contributed by atoms with Gasteiger partial charge in [-0.3, -0.25) is 4.57 Å². The second kappa shape index (κ2) is 3.64. The lowest BCUT2D eigenvalue weighted by Gasteiger charge is -2.01. The highest BCUT2D eigenvalue weighted by atomic mass is 32.1. The molecule has 0 bridgehead atoms. The SMILES string of the molecule is c1cn(-c2sccc2-c2ccsc2)cn1. The van der Waals surface area contributed by atoms with Crippen LogP contribution in [0, 0.1) is 0 Å². The molecule has 0 amide bonds. The Labute approximate surface area is 95.5 Å². The quantitative estimate of drug-likeness (QED) is 0.659. The molecule has 0 atom stereocenters. The van der Waals surface area contributed by atoms with Gasteiger partial charge in [0.15, 0.2) is 0 Å². The average molecular weight is 232 g/mol. The molecule has 15 heavy (non-hydrogen) atoms. The predicted molar refractivity (Wildman–Crippen MR) is 64.8 cm³/mol. The van der Waals surface area contributed by atoms with Crippen molar-refractivity contribution in [3.8, 4) is 16.1 Å². The number of nitrogens with zero attached hydrogens (tertiary/aromatic N) is 2. The number of thiophene rings is 2. The van der Waals surface area contributed by atoms with Gasteiger partial charge in [0.05, 0.1) is 6.33 Å². The van der Waals surface area contributed by atoms with Gasteiger partial charge >= 0.3 is 0 Å². The van der Waals surface area contributed by atoms with Crippen molar-refractivity contribution in [3.05, 3.63) is 47.0 Å². The first-order chi connectivity index (χ1) is 7.45. The van der Waals surface area contributed by atoms with E-state index in [4.69, 9.17) is 0 Å². The van der Waals surface area contributed by atoms with Gasteiger partial charge < -0.3 is 0 Å². The Morgan fingerprint density at radius 3 is 2.93 bits per heavy atom. The van der Waals surface area contributed by atoms with E-state index in [9.17, 15) is 0 Å². The number of hydrogen-bond acceptors (Lipinski definition) is 3. The van der Waals surface area contributed by atoms with E-state index in [-0.39, 0.29) is 0 Å². The highest BCUT2D eigenvalue weighted by Crippen LogP contribution is 2.32. The Kier molecular flexibility index (Phi) is 2.16. The molecule has 3 heterocycles. The van der Waals surface area contributed by atoms with E-state index in [1.54, 1.807) is 28.9 Å². The topological polar surface area (TPSA) is 17.8 Å². The van der Waals surface area contributed by atoms with Crippen molar-refractivity contribution in [2.45, 2.75) is 0 Å². The second-order valence-corrected chi connectivity index (χ2v) is 4.80. The van der Waals surface area contributed by atoms with Gasteiger partial charge in [0.25, 0.3) is 0 Å². The molecule has 0 aliphatic rings. The van der Waals surface area contributed by atoms with Crippen molar-refractivity contribution in [1.82, 2.24) is 9.55 Å². The molecule has 4 heteroatoms. The van der Waals surface area contributed by atoms with Crippen LogP contribution in [0.3, 0.4) is 0 Å². The first kappa shape index (κ1) is 8.88. The summed E-state index contributed by atoms with van der Waals surface area (Å²) in [6.45, 7) is 0. The molecule has 2 nitrogen and oxygen atoms in total. The minimum atomic E-state index is 1.23. The smallest absolute Gasteiger partial charge is 0.108 e. The first-order valence-electron chi connectivity index (χ1n) is 4.53. The average Bonchev–Trinajstić information content (AvgIpc) is 3.01. The van der Waals surface area contributed by atoms with Gasteiger partial charge in [0.1, 0.15) is 5.00 Å². The van der Waals surface area contributed by atoms with Crippen LogP contribution in [0.2, 0.25) is 0 Å². The predicted octanol–water partition coefficient (Wildman–Crippen LogP) is 3.66. The maximum absolute atomic E-state index is 4.07. The van der Waals surface area contributed by atoms with E-state index in [2.05, 4.69) is 37.8 Å². The third kappa shape index (κ3) is 1.52. The second-order valence-electron chi connectivity index (χ2n) is 3.12. The molecule has 0 unspecified atom stereocenters. The summed E-state index contributed by atoms with van der Waals surface area (Å²) in [4.78, 5) is 4.07. The Bertz CT molecular complexity index is 486. The summed E-state index contributed by atoms with van der Waals surface area (Å²) < 4.78 is 2.05. The summed E-state index contributed by atoms with van der Waals surface area (Å²) in [5, 5.41) is 7.61. The highest BCUT2D eigenvalue weighted by Gasteiger charge is 2.08. The molecule has 0 N–H and O–H groups in total. The number of hydrogen-bond donors (Lipinski definition) is 0. The van der Waals surface area contributed by atoms with Crippen LogP contribution in [0.1, 0.15) is 0 Å². The van der Waals surface area contributed by atoms with Crippen molar-refractivity contribution < 1.29 is 0 Å². The van der Waals surface area contributed by atoms with Gasteiger partial charge in [0.2, 0.25) is 0 Å². The van der Waals surface area contributed by atoms with Gasteiger partial charge in [-0.05, 0) is 33.8 Å². The standard InChI is InChI=1S/C11H8N2S2/c1-5-14-7-9(1)10-2-6-15-11(10)13-4-3-12-8-13/h1-8H. The molecule has 3 aromatic heterocycles. The third-order valence-corrected chi connectivity index (χ3v) is 3.83. The lowest BCUT2D eigenvalue weighted by molar-refractivity contribution is 1.09. The summed E-state index contributed by atoms with van der Waals surface area (Å²) in [6, 6.07) is 4.30. The molecule has 0 spiro atoms. The molecule has 3 aromatic rings. The fourth-order valence-corrected chi connectivity index (χ4v) is 3.05.